The van der Waals surface area contributed by atoms with E-state index in [2.05, 4.69) is 4.98 Å². The zero-order chi connectivity index (χ0) is 12.7. The summed E-state index contributed by atoms with van der Waals surface area (Å²) in [7, 11) is 0. The number of fused-ring (bicyclic) bond motifs is 1. The molecule has 3 heterocycles. The van der Waals surface area contributed by atoms with Crippen molar-refractivity contribution in [3.63, 3.8) is 0 Å². The van der Waals surface area contributed by atoms with Crippen LogP contribution in [0.25, 0.3) is 17.1 Å². The maximum absolute atomic E-state index is 6.07. The van der Waals surface area contributed by atoms with Crippen molar-refractivity contribution in [1.82, 2.24) is 9.38 Å². The molecule has 0 aliphatic carbocycles. The summed E-state index contributed by atoms with van der Waals surface area (Å²) in [5.41, 5.74) is 7.47. The predicted octanol–water partition coefficient (Wildman–Crippen LogP) is 3.39. The van der Waals surface area contributed by atoms with Crippen molar-refractivity contribution < 1.29 is 4.42 Å². The van der Waals surface area contributed by atoms with Gasteiger partial charge >= 0.3 is 0 Å². The first kappa shape index (κ1) is 11.2. The van der Waals surface area contributed by atoms with Crippen molar-refractivity contribution in [2.45, 2.75) is 13.3 Å². The molecule has 3 aromatic rings. The minimum absolute atomic E-state index is 0.532. The van der Waals surface area contributed by atoms with E-state index in [0.29, 0.717) is 22.3 Å². The summed E-state index contributed by atoms with van der Waals surface area (Å²) in [5, 5.41) is 0.617. The molecule has 4 nitrogen and oxygen atoms in total. The SMILES string of the molecule is CCc1ccc(-c2nc3ccc(Cl)cn3c2N)o1. The van der Waals surface area contributed by atoms with E-state index in [1.165, 1.54) is 0 Å². The topological polar surface area (TPSA) is 56.5 Å². The van der Waals surface area contributed by atoms with E-state index in [4.69, 9.17) is 21.8 Å². The molecule has 0 unspecified atom stereocenters. The summed E-state index contributed by atoms with van der Waals surface area (Å²) in [6, 6.07) is 7.43. The van der Waals surface area contributed by atoms with E-state index >= 15 is 0 Å². The van der Waals surface area contributed by atoms with Gasteiger partial charge in [-0.2, -0.15) is 0 Å². The normalized spacial score (nSPS) is 11.2. The first-order valence-corrected chi connectivity index (χ1v) is 6.09. The second-order valence-corrected chi connectivity index (χ2v) is 4.48. The maximum atomic E-state index is 6.07. The van der Waals surface area contributed by atoms with Crippen molar-refractivity contribution >= 4 is 23.1 Å². The van der Waals surface area contributed by atoms with Crippen molar-refractivity contribution in [2.24, 2.45) is 0 Å². The Labute approximate surface area is 109 Å². The Hall–Kier alpha value is -1.94. The molecule has 18 heavy (non-hydrogen) atoms. The molecule has 0 atom stereocenters. The van der Waals surface area contributed by atoms with Crippen LogP contribution in [0.5, 0.6) is 0 Å². The number of rotatable bonds is 2. The monoisotopic (exact) mass is 261 g/mol. The van der Waals surface area contributed by atoms with Crippen molar-refractivity contribution in [2.75, 3.05) is 5.73 Å². The Morgan fingerprint density at radius 1 is 1.33 bits per heavy atom. The molecule has 0 fully saturated rings. The van der Waals surface area contributed by atoms with E-state index in [-0.39, 0.29) is 0 Å². The van der Waals surface area contributed by atoms with Crippen LogP contribution in [0.3, 0.4) is 0 Å². The number of nitrogens with zero attached hydrogens (tertiary/aromatic N) is 2. The maximum Gasteiger partial charge on any atom is 0.156 e. The van der Waals surface area contributed by atoms with Crippen LogP contribution in [0.2, 0.25) is 5.02 Å². The van der Waals surface area contributed by atoms with Crippen LogP contribution in [-0.2, 0) is 6.42 Å². The molecule has 0 radical (unpaired) electrons. The molecule has 0 aromatic carbocycles. The Morgan fingerprint density at radius 2 is 2.17 bits per heavy atom. The molecule has 0 bridgehead atoms. The van der Waals surface area contributed by atoms with E-state index in [0.717, 1.165) is 17.8 Å². The Bertz CT molecular complexity index is 714. The lowest BCUT2D eigenvalue weighted by molar-refractivity contribution is 0.528. The Kier molecular flexibility index (Phi) is 2.52. The van der Waals surface area contributed by atoms with Crippen LogP contribution < -0.4 is 5.73 Å². The third-order valence-corrected chi connectivity index (χ3v) is 3.09. The molecular weight excluding hydrogens is 250 g/mol. The number of anilines is 1. The summed E-state index contributed by atoms with van der Waals surface area (Å²) in [5.74, 6) is 2.13. The van der Waals surface area contributed by atoms with Crippen LogP contribution in [-0.4, -0.2) is 9.38 Å². The Balaban J connectivity index is 2.20. The van der Waals surface area contributed by atoms with Gasteiger partial charge in [0, 0.05) is 12.6 Å². The number of aryl methyl sites for hydroxylation is 1. The summed E-state index contributed by atoms with van der Waals surface area (Å²) >= 11 is 5.94. The average Bonchev–Trinajstić information content (AvgIpc) is 2.95. The molecule has 3 rings (SSSR count). The first-order chi connectivity index (χ1) is 8.69. The number of nitrogens with two attached hydrogens (primary N) is 1. The molecule has 0 saturated heterocycles. The third kappa shape index (κ3) is 1.66. The van der Waals surface area contributed by atoms with E-state index in [1.54, 1.807) is 16.7 Å². The van der Waals surface area contributed by atoms with Gasteiger partial charge in [0.2, 0.25) is 0 Å². The number of furan rings is 1. The largest absolute Gasteiger partial charge is 0.459 e. The second kappa shape index (κ2) is 4.07. The zero-order valence-corrected chi connectivity index (χ0v) is 10.6. The number of imidazole rings is 1. The molecular formula is C13H12ClN3O. The predicted molar refractivity (Wildman–Crippen MR) is 71.7 cm³/mol. The summed E-state index contributed by atoms with van der Waals surface area (Å²) in [6.07, 6.45) is 2.59. The molecule has 0 spiro atoms. The molecule has 5 heteroatoms. The van der Waals surface area contributed by atoms with Crippen LogP contribution in [0.15, 0.2) is 34.9 Å². The molecule has 92 valence electrons. The zero-order valence-electron chi connectivity index (χ0n) is 9.85. The minimum Gasteiger partial charge on any atom is -0.459 e. The highest BCUT2D eigenvalue weighted by atomic mass is 35.5. The van der Waals surface area contributed by atoms with Crippen LogP contribution in [0, 0.1) is 0 Å². The smallest absolute Gasteiger partial charge is 0.156 e. The molecule has 0 amide bonds. The summed E-state index contributed by atoms with van der Waals surface area (Å²) < 4.78 is 7.43. The van der Waals surface area contributed by atoms with Gasteiger partial charge in [-0.05, 0) is 24.3 Å². The van der Waals surface area contributed by atoms with Gasteiger partial charge in [0.25, 0.3) is 0 Å². The van der Waals surface area contributed by atoms with E-state index < -0.39 is 0 Å². The van der Waals surface area contributed by atoms with Gasteiger partial charge in [-0.15, -0.1) is 0 Å². The molecule has 2 N–H and O–H groups in total. The number of hydrogen-bond donors (Lipinski definition) is 1. The van der Waals surface area contributed by atoms with E-state index in [1.807, 2.05) is 25.1 Å². The van der Waals surface area contributed by atoms with Gasteiger partial charge in [-0.1, -0.05) is 18.5 Å². The van der Waals surface area contributed by atoms with Crippen LogP contribution >= 0.6 is 11.6 Å². The van der Waals surface area contributed by atoms with Crippen molar-refractivity contribution in [3.05, 3.63) is 41.2 Å². The van der Waals surface area contributed by atoms with Gasteiger partial charge in [0.05, 0.1) is 5.02 Å². The highest BCUT2D eigenvalue weighted by molar-refractivity contribution is 6.30. The van der Waals surface area contributed by atoms with Gasteiger partial charge in [-0.25, -0.2) is 4.98 Å². The molecule has 0 aliphatic heterocycles. The van der Waals surface area contributed by atoms with Crippen LogP contribution in [0.1, 0.15) is 12.7 Å². The fourth-order valence-corrected chi connectivity index (χ4v) is 2.07. The molecule has 0 saturated carbocycles. The lowest BCUT2D eigenvalue weighted by Gasteiger charge is -1.97. The van der Waals surface area contributed by atoms with Gasteiger partial charge < -0.3 is 10.2 Å². The number of halogens is 1. The van der Waals surface area contributed by atoms with Crippen molar-refractivity contribution in [3.8, 4) is 11.5 Å². The molecule has 0 aliphatic rings. The number of aromatic nitrogens is 2. The van der Waals surface area contributed by atoms with Crippen LogP contribution in [0.4, 0.5) is 5.82 Å². The standard InChI is InChI=1S/C13H12ClN3O/c1-2-9-4-5-10(18-9)12-13(15)17-7-8(14)3-6-11(17)16-12/h3-7H,2,15H2,1H3. The van der Waals surface area contributed by atoms with Gasteiger partial charge in [0.1, 0.15) is 22.9 Å². The Morgan fingerprint density at radius 3 is 2.89 bits per heavy atom. The van der Waals surface area contributed by atoms with Gasteiger partial charge in [-0.3, -0.25) is 4.40 Å². The number of hydrogen-bond acceptors (Lipinski definition) is 3. The lowest BCUT2D eigenvalue weighted by Crippen LogP contribution is -1.93. The quantitative estimate of drug-likeness (QED) is 0.769. The fraction of sp³-hybridized carbons (Fsp3) is 0.154. The van der Waals surface area contributed by atoms with Crippen molar-refractivity contribution in [1.29, 1.82) is 0 Å². The fourth-order valence-electron chi connectivity index (χ4n) is 1.91. The number of nitrogen functional groups attached to an aromatic ring is 1. The highest BCUT2D eigenvalue weighted by Crippen LogP contribution is 2.28. The summed E-state index contributed by atoms with van der Waals surface area (Å²) in [4.78, 5) is 4.46. The summed E-state index contributed by atoms with van der Waals surface area (Å²) in [6.45, 7) is 2.04. The molecule has 3 aromatic heterocycles. The van der Waals surface area contributed by atoms with Gasteiger partial charge in [0.15, 0.2) is 5.76 Å². The highest BCUT2D eigenvalue weighted by Gasteiger charge is 2.14. The minimum atomic E-state index is 0.532. The lowest BCUT2D eigenvalue weighted by atomic mass is 10.3. The second-order valence-electron chi connectivity index (χ2n) is 4.04. The number of pyridine rings is 1. The first-order valence-electron chi connectivity index (χ1n) is 5.71. The van der Waals surface area contributed by atoms with E-state index in [9.17, 15) is 0 Å². The third-order valence-electron chi connectivity index (χ3n) is 2.86. The average molecular weight is 262 g/mol.